The zero-order valence-corrected chi connectivity index (χ0v) is 11.7. The van der Waals surface area contributed by atoms with Crippen LogP contribution in [-0.2, 0) is 4.74 Å². The van der Waals surface area contributed by atoms with Gasteiger partial charge < -0.3 is 4.74 Å². The average Bonchev–Trinajstić information content (AvgIpc) is 2.19. The molecule has 0 atom stereocenters. The molecule has 0 amide bonds. The van der Waals surface area contributed by atoms with Crippen LogP contribution in [0.15, 0.2) is 12.7 Å². The van der Waals surface area contributed by atoms with Gasteiger partial charge in [0, 0.05) is 6.42 Å². The quantitative estimate of drug-likeness (QED) is 0.307. The van der Waals surface area contributed by atoms with E-state index in [2.05, 4.69) is 49.5 Å². The Labute approximate surface area is 101 Å². The van der Waals surface area contributed by atoms with Crippen LogP contribution in [0.2, 0.25) is 19.6 Å². The minimum Gasteiger partial charge on any atom is -0.356 e. The van der Waals surface area contributed by atoms with Gasteiger partial charge in [-0.05, 0) is 12.8 Å². The van der Waals surface area contributed by atoms with E-state index in [9.17, 15) is 0 Å². The highest BCUT2D eigenvalue weighted by molar-refractivity contribution is 6.83. The van der Waals surface area contributed by atoms with Gasteiger partial charge in [0.05, 0.1) is 0 Å². The molecule has 0 aliphatic heterocycles. The molecule has 0 aromatic heterocycles. The van der Waals surface area contributed by atoms with E-state index < -0.39 is 8.07 Å². The van der Waals surface area contributed by atoms with Gasteiger partial charge in [-0.25, -0.2) is 0 Å². The molecule has 16 heavy (non-hydrogen) atoms. The lowest BCUT2D eigenvalue weighted by Crippen LogP contribution is -2.16. The van der Waals surface area contributed by atoms with E-state index in [-0.39, 0.29) is 0 Å². The zero-order chi connectivity index (χ0) is 12.3. The summed E-state index contributed by atoms with van der Waals surface area (Å²) in [7, 11) is -1.23. The highest BCUT2D eigenvalue weighted by atomic mass is 28.3. The van der Waals surface area contributed by atoms with Crippen molar-refractivity contribution in [1.29, 1.82) is 0 Å². The second kappa shape index (κ2) is 9.28. The van der Waals surface area contributed by atoms with Crippen molar-refractivity contribution in [2.75, 3.05) is 13.2 Å². The monoisotopic (exact) mass is 234 g/mol. The van der Waals surface area contributed by atoms with Crippen molar-refractivity contribution in [1.82, 2.24) is 0 Å². The highest BCUT2D eigenvalue weighted by Gasteiger charge is 2.06. The standard InChI is InChI=1S/C14H22OSi/c1-5-6-7-8-9-10-12-15-13-11-14-16(2,3)4/h5H,1,6-8,12-13H2,2-4H3. The molecule has 0 unspecified atom stereocenters. The Morgan fingerprint density at radius 2 is 1.81 bits per heavy atom. The highest BCUT2D eigenvalue weighted by Crippen LogP contribution is 1.95. The Morgan fingerprint density at radius 1 is 1.12 bits per heavy atom. The largest absolute Gasteiger partial charge is 0.356 e. The molecule has 0 spiro atoms. The molecule has 0 bridgehead atoms. The van der Waals surface area contributed by atoms with Gasteiger partial charge in [0.25, 0.3) is 0 Å². The summed E-state index contributed by atoms with van der Waals surface area (Å²) in [5.74, 6) is 9.09. The minimum atomic E-state index is -1.23. The Hall–Kier alpha value is -0.963. The van der Waals surface area contributed by atoms with Crippen LogP contribution in [0.4, 0.5) is 0 Å². The fraction of sp³-hybridized carbons (Fsp3) is 0.571. The maximum absolute atomic E-state index is 5.29. The minimum absolute atomic E-state index is 0.495. The normalized spacial score (nSPS) is 9.69. The molecule has 88 valence electrons. The van der Waals surface area contributed by atoms with Crippen molar-refractivity contribution >= 4 is 8.07 Å². The van der Waals surface area contributed by atoms with Crippen LogP contribution in [-0.4, -0.2) is 21.3 Å². The number of hydrogen-bond donors (Lipinski definition) is 0. The first-order valence-electron chi connectivity index (χ1n) is 5.70. The topological polar surface area (TPSA) is 9.23 Å². The van der Waals surface area contributed by atoms with Crippen molar-refractivity contribution in [3.05, 3.63) is 12.7 Å². The molecule has 0 aromatic rings. The third-order valence-electron chi connectivity index (χ3n) is 1.65. The predicted molar refractivity (Wildman–Crippen MR) is 73.8 cm³/mol. The van der Waals surface area contributed by atoms with Crippen LogP contribution in [0.3, 0.4) is 0 Å². The number of hydrogen-bond acceptors (Lipinski definition) is 1. The number of ether oxygens (including phenoxy) is 1. The summed E-state index contributed by atoms with van der Waals surface area (Å²) >= 11 is 0. The molecular formula is C14H22OSi. The fourth-order valence-electron chi connectivity index (χ4n) is 0.929. The van der Waals surface area contributed by atoms with Crippen molar-refractivity contribution in [3.8, 4) is 23.3 Å². The molecule has 0 aromatic carbocycles. The van der Waals surface area contributed by atoms with Crippen LogP contribution in [0.25, 0.3) is 0 Å². The second-order valence-electron chi connectivity index (χ2n) is 4.58. The maximum Gasteiger partial charge on any atom is 0.129 e. The average molecular weight is 234 g/mol. The SMILES string of the molecule is C=CCCCC#CCOCC#C[Si](C)(C)C. The molecule has 0 saturated carbocycles. The molecule has 1 nitrogen and oxygen atoms in total. The Bertz CT molecular complexity index is 304. The van der Waals surface area contributed by atoms with Gasteiger partial charge in [-0.2, -0.15) is 0 Å². The van der Waals surface area contributed by atoms with Gasteiger partial charge in [-0.1, -0.05) is 37.6 Å². The summed E-state index contributed by atoms with van der Waals surface area (Å²) < 4.78 is 5.29. The van der Waals surface area contributed by atoms with E-state index >= 15 is 0 Å². The van der Waals surface area contributed by atoms with Gasteiger partial charge >= 0.3 is 0 Å². The summed E-state index contributed by atoms with van der Waals surface area (Å²) in [6.07, 6.45) is 4.98. The fourth-order valence-corrected chi connectivity index (χ4v) is 1.53. The van der Waals surface area contributed by atoms with E-state index in [1.54, 1.807) is 0 Å². The van der Waals surface area contributed by atoms with Crippen molar-refractivity contribution in [3.63, 3.8) is 0 Å². The zero-order valence-electron chi connectivity index (χ0n) is 10.7. The molecule has 0 rings (SSSR count). The van der Waals surface area contributed by atoms with Crippen LogP contribution in [0.1, 0.15) is 19.3 Å². The van der Waals surface area contributed by atoms with Gasteiger partial charge in [0.1, 0.15) is 21.3 Å². The Morgan fingerprint density at radius 3 is 2.44 bits per heavy atom. The molecule has 0 heterocycles. The summed E-state index contributed by atoms with van der Waals surface area (Å²) in [6.45, 7) is 11.3. The lowest BCUT2D eigenvalue weighted by Gasteiger charge is -2.02. The summed E-state index contributed by atoms with van der Waals surface area (Å²) in [5.41, 5.74) is 3.25. The first-order chi connectivity index (χ1) is 7.56. The lowest BCUT2D eigenvalue weighted by atomic mass is 10.2. The predicted octanol–water partition coefficient (Wildman–Crippen LogP) is 3.24. The molecular weight excluding hydrogens is 212 g/mol. The maximum atomic E-state index is 5.29. The second-order valence-corrected chi connectivity index (χ2v) is 9.33. The smallest absolute Gasteiger partial charge is 0.129 e. The van der Waals surface area contributed by atoms with E-state index in [1.807, 2.05) is 6.08 Å². The van der Waals surface area contributed by atoms with Crippen LogP contribution < -0.4 is 0 Å². The first kappa shape index (κ1) is 15.0. The van der Waals surface area contributed by atoms with Crippen molar-refractivity contribution in [2.45, 2.75) is 38.9 Å². The first-order valence-corrected chi connectivity index (χ1v) is 9.20. The van der Waals surface area contributed by atoms with Gasteiger partial charge in [0.15, 0.2) is 0 Å². The van der Waals surface area contributed by atoms with Crippen LogP contribution >= 0.6 is 0 Å². The molecule has 0 aliphatic rings. The molecule has 0 aliphatic carbocycles. The van der Waals surface area contributed by atoms with E-state index in [1.165, 1.54) is 0 Å². The van der Waals surface area contributed by atoms with Crippen molar-refractivity contribution in [2.24, 2.45) is 0 Å². The third-order valence-corrected chi connectivity index (χ3v) is 2.57. The number of rotatable bonds is 5. The molecule has 0 radical (unpaired) electrons. The van der Waals surface area contributed by atoms with Crippen LogP contribution in [0.5, 0.6) is 0 Å². The van der Waals surface area contributed by atoms with E-state index in [0.717, 1.165) is 19.3 Å². The van der Waals surface area contributed by atoms with Crippen LogP contribution in [0, 0.1) is 23.3 Å². The Kier molecular flexibility index (Phi) is 8.72. The van der Waals surface area contributed by atoms with E-state index in [4.69, 9.17) is 4.74 Å². The van der Waals surface area contributed by atoms with Gasteiger partial charge in [-0.3, -0.25) is 0 Å². The lowest BCUT2D eigenvalue weighted by molar-refractivity contribution is 0.204. The van der Waals surface area contributed by atoms with Crippen molar-refractivity contribution < 1.29 is 4.74 Å². The Balaban J connectivity index is 3.45. The summed E-state index contributed by atoms with van der Waals surface area (Å²) in [4.78, 5) is 0. The number of allylic oxidation sites excluding steroid dienone is 1. The molecule has 2 heteroatoms. The van der Waals surface area contributed by atoms with Gasteiger partial charge in [0.2, 0.25) is 0 Å². The summed E-state index contributed by atoms with van der Waals surface area (Å²) in [5, 5.41) is 0. The summed E-state index contributed by atoms with van der Waals surface area (Å²) in [6, 6.07) is 0. The number of unbranched alkanes of at least 4 members (excludes halogenated alkanes) is 2. The molecule has 0 N–H and O–H groups in total. The van der Waals surface area contributed by atoms with E-state index in [0.29, 0.717) is 13.2 Å². The third kappa shape index (κ3) is 13.0. The molecule has 0 fully saturated rings. The van der Waals surface area contributed by atoms with Gasteiger partial charge in [-0.15, -0.1) is 18.0 Å². The molecule has 0 saturated heterocycles.